The van der Waals surface area contributed by atoms with Gasteiger partial charge < -0.3 is 15.5 Å². The van der Waals surface area contributed by atoms with E-state index < -0.39 is 0 Å². The fraction of sp³-hybridized carbons (Fsp3) is 0.364. The molecule has 1 unspecified atom stereocenters. The van der Waals surface area contributed by atoms with Gasteiger partial charge in [-0.2, -0.15) is 0 Å². The third-order valence-electron chi connectivity index (χ3n) is 5.01. The SMILES string of the molecule is O=C(CCC1CCCN(C(=O)Nc2ccc(Cl)cc2)C1)NCc1ccccc1. The van der Waals surface area contributed by atoms with Crippen LogP contribution in [-0.4, -0.2) is 29.9 Å². The molecule has 148 valence electrons. The summed E-state index contributed by atoms with van der Waals surface area (Å²) in [4.78, 5) is 26.5. The van der Waals surface area contributed by atoms with E-state index in [2.05, 4.69) is 10.6 Å². The van der Waals surface area contributed by atoms with Gasteiger partial charge in [0.2, 0.25) is 5.91 Å². The Bertz CT molecular complexity index is 780. The van der Waals surface area contributed by atoms with E-state index in [0.717, 1.165) is 37.1 Å². The Labute approximate surface area is 171 Å². The van der Waals surface area contributed by atoms with Crippen molar-refractivity contribution < 1.29 is 9.59 Å². The molecule has 5 nitrogen and oxygen atoms in total. The van der Waals surface area contributed by atoms with Crippen LogP contribution < -0.4 is 10.6 Å². The minimum Gasteiger partial charge on any atom is -0.352 e. The lowest BCUT2D eigenvalue weighted by Gasteiger charge is -2.32. The summed E-state index contributed by atoms with van der Waals surface area (Å²) >= 11 is 5.88. The number of hydrogen-bond donors (Lipinski definition) is 2. The largest absolute Gasteiger partial charge is 0.352 e. The van der Waals surface area contributed by atoms with Gasteiger partial charge in [-0.25, -0.2) is 4.79 Å². The van der Waals surface area contributed by atoms with Crippen molar-refractivity contribution in [1.29, 1.82) is 0 Å². The summed E-state index contributed by atoms with van der Waals surface area (Å²) in [6.45, 7) is 1.99. The van der Waals surface area contributed by atoms with Gasteiger partial charge in [0.15, 0.2) is 0 Å². The third-order valence-corrected chi connectivity index (χ3v) is 5.27. The van der Waals surface area contributed by atoms with Crippen LogP contribution in [0.1, 0.15) is 31.2 Å². The Morgan fingerprint density at radius 2 is 1.82 bits per heavy atom. The summed E-state index contributed by atoms with van der Waals surface area (Å²) in [5, 5.41) is 6.52. The molecule has 28 heavy (non-hydrogen) atoms. The zero-order chi connectivity index (χ0) is 19.8. The maximum atomic E-state index is 12.5. The van der Waals surface area contributed by atoms with Crippen LogP contribution in [0.2, 0.25) is 5.02 Å². The number of halogens is 1. The highest BCUT2D eigenvalue weighted by Gasteiger charge is 2.24. The molecule has 2 aromatic rings. The molecule has 1 aliphatic heterocycles. The predicted molar refractivity (Wildman–Crippen MR) is 112 cm³/mol. The van der Waals surface area contributed by atoms with Crippen molar-refractivity contribution >= 4 is 29.2 Å². The molecule has 0 radical (unpaired) electrons. The first-order chi connectivity index (χ1) is 13.6. The van der Waals surface area contributed by atoms with Crippen molar-refractivity contribution in [3.05, 3.63) is 65.2 Å². The van der Waals surface area contributed by atoms with E-state index in [1.165, 1.54) is 0 Å². The fourth-order valence-electron chi connectivity index (χ4n) is 3.44. The van der Waals surface area contributed by atoms with Gasteiger partial charge in [-0.15, -0.1) is 0 Å². The summed E-state index contributed by atoms with van der Waals surface area (Å²) in [6.07, 6.45) is 3.30. The molecule has 1 aliphatic rings. The monoisotopic (exact) mass is 399 g/mol. The van der Waals surface area contributed by atoms with Crippen LogP contribution in [0.5, 0.6) is 0 Å². The van der Waals surface area contributed by atoms with E-state index in [9.17, 15) is 9.59 Å². The molecule has 0 aromatic heterocycles. The molecule has 2 N–H and O–H groups in total. The van der Waals surface area contributed by atoms with E-state index in [-0.39, 0.29) is 11.9 Å². The summed E-state index contributed by atoms with van der Waals surface area (Å²) in [5.74, 6) is 0.416. The van der Waals surface area contributed by atoms with Crippen molar-refractivity contribution in [2.75, 3.05) is 18.4 Å². The van der Waals surface area contributed by atoms with Crippen molar-refractivity contribution in [1.82, 2.24) is 10.2 Å². The molecule has 3 amide bonds. The van der Waals surface area contributed by atoms with E-state index in [1.807, 2.05) is 35.2 Å². The van der Waals surface area contributed by atoms with Gasteiger partial charge in [0.05, 0.1) is 0 Å². The van der Waals surface area contributed by atoms with Crippen molar-refractivity contribution in [2.45, 2.75) is 32.2 Å². The summed E-state index contributed by atoms with van der Waals surface area (Å²) in [7, 11) is 0. The van der Waals surface area contributed by atoms with Crippen LogP contribution in [0.3, 0.4) is 0 Å². The molecule has 0 bridgehead atoms. The lowest BCUT2D eigenvalue weighted by atomic mass is 9.93. The number of carbonyl (C=O) groups excluding carboxylic acids is 2. The molecule has 1 atom stereocenters. The number of anilines is 1. The lowest BCUT2D eigenvalue weighted by Crippen LogP contribution is -2.42. The second kappa shape index (κ2) is 10.1. The fourth-order valence-corrected chi connectivity index (χ4v) is 3.57. The molecule has 2 aromatic carbocycles. The Kier molecular flexibility index (Phi) is 7.31. The number of urea groups is 1. The quantitative estimate of drug-likeness (QED) is 0.740. The summed E-state index contributed by atoms with van der Waals surface area (Å²) < 4.78 is 0. The van der Waals surface area contributed by atoms with Gasteiger partial charge >= 0.3 is 6.03 Å². The van der Waals surface area contributed by atoms with Crippen LogP contribution >= 0.6 is 11.6 Å². The van der Waals surface area contributed by atoms with Crippen LogP contribution in [0.4, 0.5) is 10.5 Å². The number of nitrogens with zero attached hydrogens (tertiary/aromatic N) is 1. The maximum Gasteiger partial charge on any atom is 0.321 e. The molecule has 0 saturated carbocycles. The van der Waals surface area contributed by atoms with Gasteiger partial charge in [0.1, 0.15) is 0 Å². The van der Waals surface area contributed by atoms with Crippen LogP contribution in [0.15, 0.2) is 54.6 Å². The second-order valence-corrected chi connectivity index (χ2v) is 7.63. The normalized spacial score (nSPS) is 16.5. The highest BCUT2D eigenvalue weighted by Crippen LogP contribution is 2.22. The highest BCUT2D eigenvalue weighted by molar-refractivity contribution is 6.30. The first-order valence-electron chi connectivity index (χ1n) is 9.72. The summed E-state index contributed by atoms with van der Waals surface area (Å²) in [5.41, 5.74) is 1.83. The van der Waals surface area contributed by atoms with Gasteiger partial charge in [-0.05, 0) is 55.0 Å². The zero-order valence-corrected chi connectivity index (χ0v) is 16.6. The topological polar surface area (TPSA) is 61.4 Å². The first kappa shape index (κ1) is 20.2. The maximum absolute atomic E-state index is 12.5. The molecular formula is C22H26ClN3O2. The van der Waals surface area contributed by atoms with E-state index in [4.69, 9.17) is 11.6 Å². The molecule has 0 aliphatic carbocycles. The number of amides is 3. The Balaban J connectivity index is 1.41. The predicted octanol–water partition coefficient (Wildman–Crippen LogP) is 4.68. The molecule has 0 spiro atoms. The molecule has 1 fully saturated rings. The molecular weight excluding hydrogens is 374 g/mol. The molecule has 3 rings (SSSR count). The second-order valence-electron chi connectivity index (χ2n) is 7.19. The number of nitrogens with one attached hydrogen (secondary N) is 2. The number of rotatable bonds is 6. The van der Waals surface area contributed by atoms with Crippen molar-refractivity contribution in [3.8, 4) is 0 Å². The number of carbonyl (C=O) groups is 2. The van der Waals surface area contributed by atoms with Crippen LogP contribution in [-0.2, 0) is 11.3 Å². The Hall–Kier alpha value is -2.53. The van der Waals surface area contributed by atoms with Gasteiger partial charge in [0, 0.05) is 36.8 Å². The van der Waals surface area contributed by atoms with E-state index in [1.54, 1.807) is 24.3 Å². The van der Waals surface area contributed by atoms with Crippen molar-refractivity contribution in [3.63, 3.8) is 0 Å². The highest BCUT2D eigenvalue weighted by atomic mass is 35.5. The number of piperidine rings is 1. The van der Waals surface area contributed by atoms with Gasteiger partial charge in [-0.3, -0.25) is 4.79 Å². The van der Waals surface area contributed by atoms with Crippen LogP contribution in [0, 0.1) is 5.92 Å². The Morgan fingerprint density at radius 1 is 1.07 bits per heavy atom. The average molecular weight is 400 g/mol. The van der Waals surface area contributed by atoms with Crippen LogP contribution in [0.25, 0.3) is 0 Å². The van der Waals surface area contributed by atoms with E-state index >= 15 is 0 Å². The molecule has 1 heterocycles. The minimum atomic E-state index is -0.0967. The number of likely N-dealkylation sites (tertiary alicyclic amines) is 1. The zero-order valence-electron chi connectivity index (χ0n) is 15.9. The Morgan fingerprint density at radius 3 is 2.57 bits per heavy atom. The first-order valence-corrected chi connectivity index (χ1v) is 10.1. The molecule has 6 heteroatoms. The minimum absolute atomic E-state index is 0.0617. The standard InChI is InChI=1S/C22H26ClN3O2/c23-19-9-11-20(12-10-19)25-22(28)26-14-4-7-18(16-26)8-13-21(27)24-15-17-5-2-1-3-6-17/h1-3,5-6,9-12,18H,4,7-8,13-16H2,(H,24,27)(H,25,28). The third kappa shape index (κ3) is 6.27. The van der Waals surface area contributed by atoms with Gasteiger partial charge in [0.25, 0.3) is 0 Å². The number of hydrogen-bond acceptors (Lipinski definition) is 2. The van der Waals surface area contributed by atoms with E-state index in [0.29, 0.717) is 30.5 Å². The lowest BCUT2D eigenvalue weighted by molar-refractivity contribution is -0.121. The molecule has 1 saturated heterocycles. The number of benzene rings is 2. The average Bonchev–Trinajstić information content (AvgIpc) is 2.73. The van der Waals surface area contributed by atoms with Gasteiger partial charge in [-0.1, -0.05) is 41.9 Å². The summed E-state index contributed by atoms with van der Waals surface area (Å²) in [6, 6.07) is 16.9. The van der Waals surface area contributed by atoms with Crippen molar-refractivity contribution in [2.24, 2.45) is 5.92 Å². The smallest absolute Gasteiger partial charge is 0.321 e.